The van der Waals surface area contributed by atoms with E-state index in [4.69, 9.17) is 5.73 Å². The van der Waals surface area contributed by atoms with Gasteiger partial charge in [-0.3, -0.25) is 0 Å². The molecule has 80 valence electrons. The summed E-state index contributed by atoms with van der Waals surface area (Å²) in [6.45, 7) is 8.64. The van der Waals surface area contributed by atoms with E-state index in [0.29, 0.717) is 6.54 Å². The molecule has 3 nitrogen and oxygen atoms in total. The lowest BCUT2D eigenvalue weighted by Gasteiger charge is -2.09. The Hall–Kier alpha value is -1.06. The van der Waals surface area contributed by atoms with E-state index >= 15 is 0 Å². The van der Waals surface area contributed by atoms with Gasteiger partial charge in [-0.1, -0.05) is 18.7 Å². The van der Waals surface area contributed by atoms with Crippen molar-refractivity contribution in [1.82, 2.24) is 5.32 Å². The van der Waals surface area contributed by atoms with Crippen LogP contribution in [-0.2, 0) is 0 Å². The summed E-state index contributed by atoms with van der Waals surface area (Å²) in [5.41, 5.74) is 6.40. The third-order valence-corrected chi connectivity index (χ3v) is 1.70. The molecule has 0 fully saturated rings. The minimum atomic E-state index is 0.118. The van der Waals surface area contributed by atoms with Crippen LogP contribution in [0.15, 0.2) is 36.1 Å². The molecule has 1 unspecified atom stereocenters. The third-order valence-electron chi connectivity index (χ3n) is 1.70. The number of aliphatic hydroxyl groups excluding tert-OH is 1. The predicted molar refractivity (Wildman–Crippen MR) is 61.2 cm³/mol. The molecule has 0 aromatic rings. The number of hydrogen-bond acceptors (Lipinski definition) is 3. The van der Waals surface area contributed by atoms with E-state index in [1.807, 2.05) is 6.92 Å². The van der Waals surface area contributed by atoms with E-state index in [1.54, 1.807) is 25.2 Å². The fourth-order valence-corrected chi connectivity index (χ4v) is 0.997. The smallest absolute Gasteiger partial charge is 0.115 e. The van der Waals surface area contributed by atoms with Crippen LogP contribution in [0, 0.1) is 0 Å². The molecule has 0 aromatic carbocycles. The van der Waals surface area contributed by atoms with Gasteiger partial charge in [-0.15, -0.1) is 0 Å². The summed E-state index contributed by atoms with van der Waals surface area (Å²) in [6, 6.07) is 0.118. The minimum absolute atomic E-state index is 0.118. The second-order valence-electron chi connectivity index (χ2n) is 3.21. The molecule has 0 aliphatic carbocycles. The van der Waals surface area contributed by atoms with E-state index in [9.17, 15) is 5.11 Å². The van der Waals surface area contributed by atoms with Crippen molar-refractivity contribution in [2.24, 2.45) is 5.73 Å². The standard InChI is InChI=1S/C11H20N2O/c1-4-6-10(11(14)5-2)8-13-7-9(3)12/h4-6,9,13-14H,1,7-8,12H2,2-3H3/b10-6-,11-5+. The predicted octanol–water partition coefficient (Wildman–Crippen LogP) is 1.50. The van der Waals surface area contributed by atoms with Crippen molar-refractivity contribution >= 4 is 0 Å². The largest absolute Gasteiger partial charge is 0.508 e. The monoisotopic (exact) mass is 196 g/mol. The Bertz CT molecular complexity index is 229. The lowest BCUT2D eigenvalue weighted by atomic mass is 10.2. The highest BCUT2D eigenvalue weighted by molar-refractivity contribution is 5.28. The average Bonchev–Trinajstić information content (AvgIpc) is 2.15. The highest BCUT2D eigenvalue weighted by atomic mass is 16.3. The molecule has 0 saturated carbocycles. The zero-order chi connectivity index (χ0) is 11.0. The molecule has 0 saturated heterocycles. The van der Waals surface area contributed by atoms with E-state index in [-0.39, 0.29) is 11.8 Å². The maximum absolute atomic E-state index is 9.49. The van der Waals surface area contributed by atoms with Gasteiger partial charge in [0.25, 0.3) is 0 Å². The number of nitrogens with two attached hydrogens (primary N) is 1. The van der Waals surface area contributed by atoms with Crippen LogP contribution in [0.2, 0.25) is 0 Å². The highest BCUT2D eigenvalue weighted by Crippen LogP contribution is 2.04. The summed E-state index contributed by atoms with van der Waals surface area (Å²) in [5, 5.41) is 12.6. The Morgan fingerprint density at radius 3 is 2.71 bits per heavy atom. The summed E-state index contributed by atoms with van der Waals surface area (Å²) >= 11 is 0. The van der Waals surface area contributed by atoms with E-state index in [2.05, 4.69) is 11.9 Å². The van der Waals surface area contributed by atoms with Gasteiger partial charge in [-0.25, -0.2) is 0 Å². The molecule has 14 heavy (non-hydrogen) atoms. The van der Waals surface area contributed by atoms with Gasteiger partial charge in [0, 0.05) is 24.7 Å². The lowest BCUT2D eigenvalue weighted by molar-refractivity contribution is 0.417. The van der Waals surface area contributed by atoms with E-state index < -0.39 is 0 Å². The molecule has 3 heteroatoms. The molecule has 4 N–H and O–H groups in total. The maximum Gasteiger partial charge on any atom is 0.115 e. The molecule has 0 heterocycles. The van der Waals surface area contributed by atoms with Gasteiger partial charge in [0.15, 0.2) is 0 Å². The molecule has 0 aliphatic rings. The lowest BCUT2D eigenvalue weighted by Crippen LogP contribution is -2.32. The van der Waals surface area contributed by atoms with E-state index in [0.717, 1.165) is 12.1 Å². The van der Waals surface area contributed by atoms with Crippen LogP contribution >= 0.6 is 0 Å². The normalized spacial score (nSPS) is 15.4. The van der Waals surface area contributed by atoms with Crippen molar-refractivity contribution in [3.8, 4) is 0 Å². The molecule has 0 spiro atoms. The second kappa shape index (κ2) is 7.35. The first kappa shape index (κ1) is 12.9. The van der Waals surface area contributed by atoms with Crippen LogP contribution in [-0.4, -0.2) is 24.2 Å². The third kappa shape index (κ3) is 5.56. The summed E-state index contributed by atoms with van der Waals surface area (Å²) in [7, 11) is 0. The molecular formula is C11H20N2O. The van der Waals surface area contributed by atoms with Crippen molar-refractivity contribution in [1.29, 1.82) is 0 Å². The fraction of sp³-hybridized carbons (Fsp3) is 0.455. The van der Waals surface area contributed by atoms with Crippen LogP contribution in [0.25, 0.3) is 0 Å². The molecule has 0 amide bonds. The first-order chi connectivity index (χ1) is 6.61. The molecular weight excluding hydrogens is 176 g/mol. The van der Waals surface area contributed by atoms with Crippen LogP contribution in [0.3, 0.4) is 0 Å². The topological polar surface area (TPSA) is 58.3 Å². The Labute approximate surface area is 86.0 Å². The molecule has 0 rings (SSSR count). The Morgan fingerprint density at radius 2 is 2.29 bits per heavy atom. The summed E-state index contributed by atoms with van der Waals surface area (Å²) < 4.78 is 0. The Kier molecular flexibility index (Phi) is 6.80. The van der Waals surface area contributed by atoms with Crippen molar-refractivity contribution in [3.05, 3.63) is 36.1 Å². The fourth-order valence-electron chi connectivity index (χ4n) is 0.997. The molecule has 0 aromatic heterocycles. The number of rotatable bonds is 6. The molecule has 0 bridgehead atoms. The molecule has 0 aliphatic heterocycles. The van der Waals surface area contributed by atoms with Gasteiger partial charge in [-0.05, 0) is 19.9 Å². The Morgan fingerprint density at radius 1 is 1.64 bits per heavy atom. The van der Waals surface area contributed by atoms with Gasteiger partial charge in [0.05, 0.1) is 0 Å². The van der Waals surface area contributed by atoms with Gasteiger partial charge in [-0.2, -0.15) is 0 Å². The summed E-state index contributed by atoms with van der Waals surface area (Å²) in [6.07, 6.45) is 5.09. The second-order valence-corrected chi connectivity index (χ2v) is 3.21. The first-order valence-corrected chi connectivity index (χ1v) is 4.75. The van der Waals surface area contributed by atoms with Crippen LogP contribution in [0.1, 0.15) is 13.8 Å². The van der Waals surface area contributed by atoms with Crippen molar-refractivity contribution in [2.75, 3.05) is 13.1 Å². The van der Waals surface area contributed by atoms with Gasteiger partial charge >= 0.3 is 0 Å². The quantitative estimate of drug-likeness (QED) is 0.445. The number of allylic oxidation sites excluding steroid dienone is 3. The average molecular weight is 196 g/mol. The van der Waals surface area contributed by atoms with Crippen LogP contribution in [0.4, 0.5) is 0 Å². The number of hydrogen-bond donors (Lipinski definition) is 3. The van der Waals surface area contributed by atoms with Gasteiger partial charge in [0.1, 0.15) is 5.76 Å². The van der Waals surface area contributed by atoms with Gasteiger partial charge < -0.3 is 16.2 Å². The number of aliphatic hydroxyl groups is 1. The summed E-state index contributed by atoms with van der Waals surface area (Å²) in [5.74, 6) is 0.280. The van der Waals surface area contributed by atoms with E-state index in [1.165, 1.54) is 0 Å². The zero-order valence-corrected chi connectivity index (χ0v) is 8.96. The van der Waals surface area contributed by atoms with Gasteiger partial charge in [0.2, 0.25) is 0 Å². The molecule has 1 atom stereocenters. The highest BCUT2D eigenvalue weighted by Gasteiger charge is 2.01. The minimum Gasteiger partial charge on any atom is -0.508 e. The first-order valence-electron chi connectivity index (χ1n) is 4.75. The van der Waals surface area contributed by atoms with Crippen LogP contribution < -0.4 is 11.1 Å². The maximum atomic E-state index is 9.49. The Balaban J connectivity index is 4.13. The van der Waals surface area contributed by atoms with Crippen molar-refractivity contribution < 1.29 is 5.11 Å². The van der Waals surface area contributed by atoms with Crippen LogP contribution in [0.5, 0.6) is 0 Å². The van der Waals surface area contributed by atoms with Crippen molar-refractivity contribution in [2.45, 2.75) is 19.9 Å². The zero-order valence-electron chi connectivity index (χ0n) is 8.96. The molecule has 0 radical (unpaired) electrons. The van der Waals surface area contributed by atoms with Crippen molar-refractivity contribution in [3.63, 3.8) is 0 Å². The SMILES string of the molecule is C=C/C=C(CNCC(C)N)\C(O)=C/C. The number of nitrogens with one attached hydrogen (secondary N) is 1. The summed E-state index contributed by atoms with van der Waals surface area (Å²) in [4.78, 5) is 0.